The Balaban J connectivity index is 2.10. The van der Waals surface area contributed by atoms with Gasteiger partial charge in [-0.1, -0.05) is 6.07 Å². The van der Waals surface area contributed by atoms with Gasteiger partial charge >= 0.3 is 0 Å². The van der Waals surface area contributed by atoms with Gasteiger partial charge in [0.15, 0.2) is 11.5 Å². The molecule has 0 atom stereocenters. The molecule has 0 bridgehead atoms. The fraction of sp³-hybridized carbons (Fsp3) is 0.381. The maximum atomic E-state index is 10.8. The van der Waals surface area contributed by atoms with E-state index < -0.39 is 0 Å². The van der Waals surface area contributed by atoms with Gasteiger partial charge in [-0.25, -0.2) is 4.99 Å². The van der Waals surface area contributed by atoms with Gasteiger partial charge < -0.3 is 24.1 Å². The lowest BCUT2D eigenvalue weighted by Gasteiger charge is -2.16. The number of rotatable bonds is 5. The second-order valence-corrected chi connectivity index (χ2v) is 7.07. The number of methoxy groups -OCH3 is 3. The molecule has 2 aromatic carbocycles. The fourth-order valence-corrected chi connectivity index (χ4v) is 3.14. The summed E-state index contributed by atoms with van der Waals surface area (Å²) >= 11 is 0. The van der Waals surface area contributed by atoms with Crippen molar-refractivity contribution >= 4 is 5.90 Å². The zero-order valence-electron chi connectivity index (χ0n) is 16.5. The summed E-state index contributed by atoms with van der Waals surface area (Å²) in [6.07, 6.45) is 0. The average molecular weight is 371 g/mol. The molecule has 6 heteroatoms. The number of phenols is 1. The molecule has 1 N–H and O–H groups in total. The average Bonchev–Trinajstić information content (AvgIpc) is 3.02. The standard InChI is InChI=1S/C21H25NO5/c1-12-14(13-9-16(24-4)19(26-6)17(10-13)25-5)7-8-15(18(12)23)20-22-21(2,3)11-27-20/h7-10,23H,11H2,1-6H3. The Morgan fingerprint density at radius 3 is 2.07 bits per heavy atom. The van der Waals surface area contributed by atoms with Gasteiger partial charge in [0, 0.05) is 0 Å². The van der Waals surface area contributed by atoms with Crippen molar-refractivity contribution in [1.29, 1.82) is 0 Å². The van der Waals surface area contributed by atoms with Crippen LogP contribution in [0, 0.1) is 6.92 Å². The maximum absolute atomic E-state index is 10.8. The number of ether oxygens (including phenoxy) is 4. The van der Waals surface area contributed by atoms with Crippen molar-refractivity contribution in [2.24, 2.45) is 4.99 Å². The Labute approximate surface area is 159 Å². The van der Waals surface area contributed by atoms with Gasteiger partial charge in [0.2, 0.25) is 11.6 Å². The van der Waals surface area contributed by atoms with E-state index in [9.17, 15) is 5.11 Å². The number of benzene rings is 2. The van der Waals surface area contributed by atoms with E-state index in [1.165, 1.54) is 0 Å². The Kier molecular flexibility index (Phi) is 4.91. The van der Waals surface area contributed by atoms with Crippen LogP contribution in [0.4, 0.5) is 0 Å². The van der Waals surface area contributed by atoms with E-state index in [0.717, 1.165) is 16.7 Å². The quantitative estimate of drug-likeness (QED) is 0.862. The molecule has 1 heterocycles. The van der Waals surface area contributed by atoms with Crippen molar-refractivity contribution < 1.29 is 24.1 Å². The highest BCUT2D eigenvalue weighted by atomic mass is 16.5. The van der Waals surface area contributed by atoms with Gasteiger partial charge in [-0.05, 0) is 55.7 Å². The minimum absolute atomic E-state index is 0.151. The summed E-state index contributed by atoms with van der Waals surface area (Å²) < 4.78 is 21.9. The number of aliphatic imine (C=N–C) groups is 1. The molecule has 2 aromatic rings. The minimum Gasteiger partial charge on any atom is -0.507 e. The summed E-state index contributed by atoms with van der Waals surface area (Å²) in [6, 6.07) is 7.47. The number of hydrogen-bond acceptors (Lipinski definition) is 6. The molecule has 0 saturated heterocycles. The first-order valence-electron chi connectivity index (χ1n) is 8.67. The summed E-state index contributed by atoms with van der Waals surface area (Å²) in [7, 11) is 4.72. The van der Waals surface area contributed by atoms with Crippen LogP contribution >= 0.6 is 0 Å². The predicted molar refractivity (Wildman–Crippen MR) is 105 cm³/mol. The molecule has 3 rings (SSSR count). The first-order chi connectivity index (χ1) is 12.8. The highest BCUT2D eigenvalue weighted by molar-refractivity contribution is 5.99. The molecule has 27 heavy (non-hydrogen) atoms. The van der Waals surface area contributed by atoms with E-state index in [4.69, 9.17) is 18.9 Å². The van der Waals surface area contributed by atoms with E-state index in [2.05, 4.69) is 4.99 Å². The highest BCUT2D eigenvalue weighted by Gasteiger charge is 2.29. The van der Waals surface area contributed by atoms with E-state index >= 15 is 0 Å². The lowest BCUT2D eigenvalue weighted by atomic mass is 9.96. The largest absolute Gasteiger partial charge is 0.507 e. The highest BCUT2D eigenvalue weighted by Crippen LogP contribution is 2.43. The Hall–Kier alpha value is -2.89. The fourth-order valence-electron chi connectivity index (χ4n) is 3.14. The van der Waals surface area contributed by atoms with Crippen LogP contribution in [0.3, 0.4) is 0 Å². The smallest absolute Gasteiger partial charge is 0.220 e. The number of nitrogens with zero attached hydrogens (tertiary/aromatic N) is 1. The Bertz CT molecular complexity index is 877. The molecular formula is C21H25NO5. The zero-order valence-corrected chi connectivity index (χ0v) is 16.5. The monoisotopic (exact) mass is 371 g/mol. The van der Waals surface area contributed by atoms with Crippen LogP contribution in [0.5, 0.6) is 23.0 Å². The van der Waals surface area contributed by atoms with Crippen LogP contribution in [-0.4, -0.2) is 44.5 Å². The lowest BCUT2D eigenvalue weighted by molar-refractivity contribution is 0.279. The van der Waals surface area contributed by atoms with E-state index in [-0.39, 0.29) is 11.3 Å². The molecular weight excluding hydrogens is 346 g/mol. The lowest BCUT2D eigenvalue weighted by Crippen LogP contribution is -2.17. The second-order valence-electron chi connectivity index (χ2n) is 7.07. The van der Waals surface area contributed by atoms with Crippen LogP contribution < -0.4 is 14.2 Å². The van der Waals surface area contributed by atoms with Crippen molar-refractivity contribution in [3.8, 4) is 34.1 Å². The predicted octanol–water partition coefficient (Wildman–Crippen LogP) is 3.95. The van der Waals surface area contributed by atoms with Gasteiger partial charge in [-0.2, -0.15) is 0 Å². The van der Waals surface area contributed by atoms with E-state index in [1.54, 1.807) is 21.3 Å². The topological polar surface area (TPSA) is 69.5 Å². The molecule has 1 aliphatic heterocycles. The van der Waals surface area contributed by atoms with E-state index in [0.29, 0.717) is 35.3 Å². The maximum Gasteiger partial charge on any atom is 0.220 e. The summed E-state index contributed by atoms with van der Waals surface area (Å²) in [5.41, 5.74) is 2.73. The second kappa shape index (κ2) is 7.02. The molecule has 0 unspecified atom stereocenters. The third-order valence-corrected chi connectivity index (χ3v) is 4.60. The molecule has 0 radical (unpaired) electrons. The first-order valence-corrected chi connectivity index (χ1v) is 8.67. The Morgan fingerprint density at radius 2 is 1.59 bits per heavy atom. The minimum atomic E-state index is -0.287. The molecule has 0 aromatic heterocycles. The van der Waals surface area contributed by atoms with Crippen LogP contribution in [0.15, 0.2) is 29.3 Å². The molecule has 0 amide bonds. The third kappa shape index (κ3) is 3.39. The number of aromatic hydroxyl groups is 1. The van der Waals surface area contributed by atoms with Crippen molar-refractivity contribution in [2.45, 2.75) is 26.3 Å². The van der Waals surface area contributed by atoms with Crippen LogP contribution in [0.25, 0.3) is 11.1 Å². The van der Waals surface area contributed by atoms with Crippen LogP contribution in [-0.2, 0) is 4.74 Å². The van der Waals surface area contributed by atoms with E-state index in [1.807, 2.05) is 45.0 Å². The van der Waals surface area contributed by atoms with Gasteiger partial charge in [0.05, 0.1) is 32.4 Å². The molecule has 0 aliphatic carbocycles. The SMILES string of the molecule is COc1cc(-c2ccc(C3=NC(C)(C)CO3)c(O)c2C)cc(OC)c1OC. The summed E-state index contributed by atoms with van der Waals surface area (Å²) in [5, 5.41) is 10.8. The van der Waals surface area contributed by atoms with Crippen LogP contribution in [0.1, 0.15) is 25.0 Å². The molecule has 6 nitrogen and oxygen atoms in total. The van der Waals surface area contributed by atoms with Gasteiger partial charge in [0.25, 0.3) is 0 Å². The normalized spacial score (nSPS) is 15.1. The number of phenolic OH excluding ortho intramolecular Hbond substituents is 1. The van der Waals surface area contributed by atoms with Gasteiger partial charge in [-0.3, -0.25) is 0 Å². The van der Waals surface area contributed by atoms with Crippen molar-refractivity contribution in [3.05, 3.63) is 35.4 Å². The molecule has 0 spiro atoms. The van der Waals surface area contributed by atoms with Gasteiger partial charge in [0.1, 0.15) is 12.4 Å². The van der Waals surface area contributed by atoms with Crippen molar-refractivity contribution in [2.75, 3.05) is 27.9 Å². The molecule has 0 saturated carbocycles. The molecule has 0 fully saturated rings. The summed E-state index contributed by atoms with van der Waals surface area (Å²) in [6.45, 7) is 6.34. The van der Waals surface area contributed by atoms with Crippen molar-refractivity contribution in [3.63, 3.8) is 0 Å². The van der Waals surface area contributed by atoms with Gasteiger partial charge in [-0.15, -0.1) is 0 Å². The summed E-state index contributed by atoms with van der Waals surface area (Å²) in [4.78, 5) is 4.55. The molecule has 144 valence electrons. The van der Waals surface area contributed by atoms with Crippen LogP contribution in [0.2, 0.25) is 0 Å². The third-order valence-electron chi connectivity index (χ3n) is 4.60. The first kappa shape index (κ1) is 18.9. The Morgan fingerprint density at radius 1 is 1.00 bits per heavy atom. The number of hydrogen-bond donors (Lipinski definition) is 1. The van der Waals surface area contributed by atoms with Crippen molar-refractivity contribution in [1.82, 2.24) is 0 Å². The zero-order chi connectivity index (χ0) is 19.8. The molecule has 1 aliphatic rings. The summed E-state index contributed by atoms with van der Waals surface area (Å²) in [5.74, 6) is 2.26.